The van der Waals surface area contributed by atoms with Crippen LogP contribution >= 0.6 is 0 Å². The number of esters is 1. The SMILES string of the molecule is O=C1C[C@@H](C(=O)N[C@H]2CCS(=O)(=O)C2)C2(CCCCC2)O1. The summed E-state index contributed by atoms with van der Waals surface area (Å²) in [7, 11) is -3.02. The first-order valence-electron chi connectivity index (χ1n) is 7.63. The highest BCUT2D eigenvalue weighted by molar-refractivity contribution is 7.91. The summed E-state index contributed by atoms with van der Waals surface area (Å²) < 4.78 is 28.4. The van der Waals surface area contributed by atoms with Crippen molar-refractivity contribution >= 4 is 21.7 Å². The van der Waals surface area contributed by atoms with E-state index in [9.17, 15) is 18.0 Å². The van der Waals surface area contributed by atoms with E-state index in [0.29, 0.717) is 6.42 Å². The standard InChI is InChI=1S/C14H21NO5S/c16-12-8-11(14(20-12)5-2-1-3-6-14)13(17)15-10-4-7-21(18,19)9-10/h10-11H,1-9H2,(H,15,17)/t10-,11-/m0/s1. The molecule has 0 aromatic rings. The average Bonchev–Trinajstić information content (AvgIpc) is 2.91. The lowest BCUT2D eigenvalue weighted by Gasteiger charge is -2.36. The third-order valence-corrected chi connectivity index (χ3v) is 6.69. The fraction of sp³-hybridized carbons (Fsp3) is 0.857. The molecule has 1 aliphatic carbocycles. The lowest BCUT2D eigenvalue weighted by atomic mass is 9.75. The largest absolute Gasteiger partial charge is 0.458 e. The molecule has 2 saturated heterocycles. The molecule has 3 rings (SSSR count). The van der Waals surface area contributed by atoms with Crippen LogP contribution in [0.3, 0.4) is 0 Å². The highest BCUT2D eigenvalue weighted by atomic mass is 32.2. The van der Waals surface area contributed by atoms with Crippen LogP contribution in [0.2, 0.25) is 0 Å². The van der Waals surface area contributed by atoms with Gasteiger partial charge in [0, 0.05) is 6.04 Å². The van der Waals surface area contributed by atoms with E-state index in [2.05, 4.69) is 5.32 Å². The Morgan fingerprint density at radius 3 is 2.57 bits per heavy atom. The third kappa shape index (κ3) is 2.93. The Morgan fingerprint density at radius 2 is 1.95 bits per heavy atom. The molecule has 0 aromatic heterocycles. The van der Waals surface area contributed by atoms with Crippen LogP contribution in [0.25, 0.3) is 0 Å². The summed E-state index contributed by atoms with van der Waals surface area (Å²) in [5, 5.41) is 2.82. The number of ether oxygens (including phenoxy) is 1. The second kappa shape index (κ2) is 5.26. The van der Waals surface area contributed by atoms with Crippen LogP contribution in [0.4, 0.5) is 0 Å². The molecule has 1 spiro atoms. The minimum Gasteiger partial charge on any atom is -0.458 e. The molecule has 7 heteroatoms. The quantitative estimate of drug-likeness (QED) is 0.752. The molecule has 0 aromatic carbocycles. The fourth-order valence-corrected chi connectivity index (χ4v) is 5.51. The van der Waals surface area contributed by atoms with Gasteiger partial charge in [-0.05, 0) is 32.1 Å². The third-order valence-electron chi connectivity index (χ3n) is 4.92. The van der Waals surface area contributed by atoms with Crippen molar-refractivity contribution < 1.29 is 22.7 Å². The fourth-order valence-electron chi connectivity index (χ4n) is 3.84. The van der Waals surface area contributed by atoms with E-state index in [1.165, 1.54) is 0 Å². The highest BCUT2D eigenvalue weighted by Crippen LogP contribution is 2.44. The molecule has 0 unspecified atom stereocenters. The Kier molecular flexibility index (Phi) is 3.71. The molecule has 1 saturated carbocycles. The van der Waals surface area contributed by atoms with Crippen LogP contribution in [-0.2, 0) is 24.2 Å². The monoisotopic (exact) mass is 315 g/mol. The van der Waals surface area contributed by atoms with Gasteiger partial charge in [0.05, 0.1) is 23.8 Å². The molecule has 0 bridgehead atoms. The van der Waals surface area contributed by atoms with Crippen LogP contribution in [0.1, 0.15) is 44.9 Å². The van der Waals surface area contributed by atoms with Crippen molar-refractivity contribution in [2.24, 2.45) is 5.92 Å². The average molecular weight is 315 g/mol. The molecule has 2 aliphatic heterocycles. The van der Waals surface area contributed by atoms with Gasteiger partial charge in [-0.2, -0.15) is 0 Å². The Hall–Kier alpha value is -1.11. The second-order valence-corrected chi connectivity index (χ2v) is 8.69. The van der Waals surface area contributed by atoms with Crippen molar-refractivity contribution in [1.82, 2.24) is 5.32 Å². The highest BCUT2D eigenvalue weighted by Gasteiger charge is 2.53. The van der Waals surface area contributed by atoms with Gasteiger partial charge in [0.1, 0.15) is 5.60 Å². The van der Waals surface area contributed by atoms with Gasteiger partial charge >= 0.3 is 5.97 Å². The van der Waals surface area contributed by atoms with E-state index in [1.807, 2.05) is 0 Å². The summed E-state index contributed by atoms with van der Waals surface area (Å²) >= 11 is 0. The number of hydrogen-bond donors (Lipinski definition) is 1. The number of carbonyl (C=O) groups is 2. The Labute approximate surface area is 124 Å². The van der Waals surface area contributed by atoms with Crippen LogP contribution in [0, 0.1) is 5.92 Å². The van der Waals surface area contributed by atoms with E-state index < -0.39 is 21.4 Å². The van der Waals surface area contributed by atoms with Crippen molar-refractivity contribution in [3.63, 3.8) is 0 Å². The predicted molar refractivity (Wildman–Crippen MR) is 75.2 cm³/mol. The van der Waals surface area contributed by atoms with E-state index in [-0.39, 0.29) is 35.8 Å². The maximum Gasteiger partial charge on any atom is 0.307 e. The van der Waals surface area contributed by atoms with Crippen molar-refractivity contribution in [2.45, 2.75) is 56.6 Å². The summed E-state index contributed by atoms with van der Waals surface area (Å²) in [5.41, 5.74) is -0.642. The zero-order valence-electron chi connectivity index (χ0n) is 12.0. The summed E-state index contributed by atoms with van der Waals surface area (Å²) in [6, 6.07) is -0.321. The molecule has 2 heterocycles. The second-order valence-electron chi connectivity index (χ2n) is 6.46. The number of hydrogen-bond acceptors (Lipinski definition) is 5. The topological polar surface area (TPSA) is 89.5 Å². The molecule has 1 amide bonds. The first kappa shape index (κ1) is 14.8. The Bertz CT molecular complexity index is 550. The van der Waals surface area contributed by atoms with Crippen molar-refractivity contribution in [3.05, 3.63) is 0 Å². The lowest BCUT2D eigenvalue weighted by molar-refractivity contribution is -0.153. The number of nitrogens with one attached hydrogen (secondary N) is 1. The van der Waals surface area contributed by atoms with Gasteiger partial charge in [-0.25, -0.2) is 8.42 Å². The van der Waals surface area contributed by atoms with Crippen LogP contribution in [0.5, 0.6) is 0 Å². The lowest BCUT2D eigenvalue weighted by Crippen LogP contribution is -2.48. The Balaban J connectivity index is 1.69. The molecular weight excluding hydrogens is 294 g/mol. The normalized spacial score (nSPS) is 33.8. The minimum absolute atomic E-state index is 0.00721. The molecule has 118 valence electrons. The first-order valence-corrected chi connectivity index (χ1v) is 9.45. The predicted octanol–water partition coefficient (Wildman–Crippen LogP) is 0.556. The van der Waals surface area contributed by atoms with E-state index >= 15 is 0 Å². The van der Waals surface area contributed by atoms with Crippen LogP contribution in [0.15, 0.2) is 0 Å². The molecule has 6 nitrogen and oxygen atoms in total. The molecule has 0 radical (unpaired) electrons. The van der Waals surface area contributed by atoms with Gasteiger partial charge in [-0.15, -0.1) is 0 Å². The van der Waals surface area contributed by atoms with E-state index in [4.69, 9.17) is 4.74 Å². The maximum absolute atomic E-state index is 12.5. The van der Waals surface area contributed by atoms with Crippen molar-refractivity contribution in [1.29, 1.82) is 0 Å². The zero-order chi connectivity index (χ0) is 15.1. The zero-order valence-corrected chi connectivity index (χ0v) is 12.8. The first-order chi connectivity index (χ1) is 9.90. The van der Waals surface area contributed by atoms with Crippen molar-refractivity contribution in [2.75, 3.05) is 11.5 Å². The molecule has 3 aliphatic rings. The van der Waals surface area contributed by atoms with Gasteiger partial charge in [0.25, 0.3) is 0 Å². The number of carbonyl (C=O) groups excluding carboxylic acids is 2. The Morgan fingerprint density at radius 1 is 1.24 bits per heavy atom. The minimum atomic E-state index is -3.02. The van der Waals surface area contributed by atoms with Gasteiger partial charge in [-0.3, -0.25) is 9.59 Å². The summed E-state index contributed by atoms with van der Waals surface area (Å²) in [6.45, 7) is 0. The molecule has 3 fully saturated rings. The summed E-state index contributed by atoms with van der Waals surface area (Å²) in [4.78, 5) is 24.2. The number of sulfone groups is 1. The van der Waals surface area contributed by atoms with Gasteiger partial charge in [0.15, 0.2) is 9.84 Å². The van der Waals surface area contributed by atoms with E-state index in [1.54, 1.807) is 0 Å². The summed E-state index contributed by atoms with van der Waals surface area (Å²) in [5.74, 6) is -0.856. The number of amides is 1. The summed E-state index contributed by atoms with van der Waals surface area (Å²) in [6.07, 6.45) is 5.09. The van der Waals surface area contributed by atoms with Crippen LogP contribution in [-0.4, -0.2) is 43.4 Å². The molecular formula is C14H21NO5S. The number of rotatable bonds is 2. The van der Waals surface area contributed by atoms with E-state index in [0.717, 1.165) is 32.1 Å². The maximum atomic E-state index is 12.5. The molecule has 21 heavy (non-hydrogen) atoms. The smallest absolute Gasteiger partial charge is 0.307 e. The van der Waals surface area contributed by atoms with Gasteiger partial charge < -0.3 is 10.1 Å². The van der Waals surface area contributed by atoms with Crippen molar-refractivity contribution in [3.8, 4) is 0 Å². The van der Waals surface area contributed by atoms with Gasteiger partial charge in [0.2, 0.25) is 5.91 Å². The van der Waals surface area contributed by atoms with Gasteiger partial charge in [-0.1, -0.05) is 6.42 Å². The molecule has 2 atom stereocenters. The molecule has 1 N–H and O–H groups in total. The van der Waals surface area contributed by atoms with Crippen LogP contribution < -0.4 is 5.32 Å².